The quantitative estimate of drug-likeness (QED) is 0.769. The second-order valence-corrected chi connectivity index (χ2v) is 5.96. The number of hydrogen-bond donors (Lipinski definition) is 0. The summed E-state index contributed by atoms with van der Waals surface area (Å²) in [6, 6.07) is 1.89. The summed E-state index contributed by atoms with van der Waals surface area (Å²) in [6.45, 7) is 10.1. The minimum absolute atomic E-state index is 0.0696. The first-order valence-electron chi connectivity index (χ1n) is 6.80. The molecule has 0 bridgehead atoms. The lowest BCUT2D eigenvalue weighted by atomic mass is 10.0. The molecule has 0 aromatic carbocycles. The molecule has 1 saturated heterocycles. The van der Waals surface area contributed by atoms with Crippen molar-refractivity contribution in [3.63, 3.8) is 0 Å². The van der Waals surface area contributed by atoms with E-state index >= 15 is 0 Å². The van der Waals surface area contributed by atoms with Crippen molar-refractivity contribution >= 4 is 5.91 Å². The van der Waals surface area contributed by atoms with Crippen molar-refractivity contribution in [2.75, 3.05) is 26.7 Å². The number of likely N-dealkylation sites (N-methyl/N-ethyl adjacent to an activating group) is 1. The molecule has 0 N–H and O–H groups in total. The number of amides is 1. The van der Waals surface area contributed by atoms with Gasteiger partial charge in [0.05, 0.1) is 30.2 Å². The molecule has 108 valence electrons. The van der Waals surface area contributed by atoms with Gasteiger partial charge in [0.25, 0.3) is 0 Å². The number of morpholine rings is 1. The van der Waals surface area contributed by atoms with Gasteiger partial charge in [-0.2, -0.15) is 5.26 Å². The van der Waals surface area contributed by atoms with E-state index in [0.717, 1.165) is 13.1 Å². The summed E-state index contributed by atoms with van der Waals surface area (Å²) in [5, 5.41) is 8.57. The van der Waals surface area contributed by atoms with E-state index in [-0.39, 0.29) is 23.7 Å². The number of nitrogens with zero attached hydrogens (tertiary/aromatic N) is 3. The van der Waals surface area contributed by atoms with Crippen LogP contribution in [0, 0.1) is 11.3 Å². The van der Waals surface area contributed by atoms with Crippen LogP contribution in [0.15, 0.2) is 0 Å². The largest absolute Gasteiger partial charge is 0.370 e. The zero-order valence-electron chi connectivity index (χ0n) is 12.6. The average molecular weight is 267 g/mol. The molecule has 1 aliphatic rings. The van der Waals surface area contributed by atoms with Crippen molar-refractivity contribution in [2.24, 2.45) is 0 Å². The second-order valence-electron chi connectivity index (χ2n) is 5.96. The normalized spacial score (nSPS) is 24.5. The Morgan fingerprint density at radius 1 is 1.63 bits per heavy atom. The molecule has 2 atom stereocenters. The molecule has 5 nitrogen and oxygen atoms in total. The highest BCUT2D eigenvalue weighted by Gasteiger charge is 2.36. The summed E-state index contributed by atoms with van der Waals surface area (Å²) in [6.07, 6.45) is 0.503. The number of ether oxygens (including phenoxy) is 1. The zero-order chi connectivity index (χ0) is 14.6. The van der Waals surface area contributed by atoms with Gasteiger partial charge in [0, 0.05) is 26.7 Å². The van der Waals surface area contributed by atoms with Crippen LogP contribution >= 0.6 is 0 Å². The van der Waals surface area contributed by atoms with Crippen LogP contribution in [0.25, 0.3) is 0 Å². The predicted molar refractivity (Wildman–Crippen MR) is 73.5 cm³/mol. The van der Waals surface area contributed by atoms with Crippen molar-refractivity contribution in [1.29, 1.82) is 5.26 Å². The fraction of sp³-hybridized carbons (Fsp3) is 0.857. The van der Waals surface area contributed by atoms with Gasteiger partial charge < -0.3 is 9.64 Å². The van der Waals surface area contributed by atoms with E-state index in [9.17, 15) is 4.79 Å². The fourth-order valence-electron chi connectivity index (χ4n) is 2.60. The maximum absolute atomic E-state index is 12.3. The third-order valence-electron chi connectivity index (χ3n) is 3.44. The molecule has 1 fully saturated rings. The Labute approximate surface area is 116 Å². The Morgan fingerprint density at radius 2 is 2.26 bits per heavy atom. The highest BCUT2D eigenvalue weighted by atomic mass is 16.5. The van der Waals surface area contributed by atoms with E-state index in [2.05, 4.69) is 11.0 Å². The summed E-state index contributed by atoms with van der Waals surface area (Å²) in [4.78, 5) is 16.1. The molecule has 1 aliphatic heterocycles. The van der Waals surface area contributed by atoms with Crippen LogP contribution in [0.1, 0.15) is 34.1 Å². The summed E-state index contributed by atoms with van der Waals surface area (Å²) < 4.78 is 5.85. The summed E-state index contributed by atoms with van der Waals surface area (Å²) in [7, 11) is 1.76. The van der Waals surface area contributed by atoms with Crippen LogP contribution in [0.5, 0.6) is 0 Å². The molecule has 2 unspecified atom stereocenters. The molecule has 0 radical (unpaired) electrons. The van der Waals surface area contributed by atoms with E-state index in [0.29, 0.717) is 13.0 Å². The number of hydrogen-bond acceptors (Lipinski definition) is 4. The first-order chi connectivity index (χ1) is 8.76. The van der Waals surface area contributed by atoms with Gasteiger partial charge in [-0.3, -0.25) is 9.69 Å². The molecule has 19 heavy (non-hydrogen) atoms. The van der Waals surface area contributed by atoms with Gasteiger partial charge in [0.15, 0.2) is 0 Å². The van der Waals surface area contributed by atoms with Crippen LogP contribution in [0.3, 0.4) is 0 Å². The number of carbonyl (C=O) groups excluding carboxylic acids is 1. The monoisotopic (exact) mass is 267 g/mol. The van der Waals surface area contributed by atoms with Crippen LogP contribution in [-0.4, -0.2) is 60.1 Å². The summed E-state index contributed by atoms with van der Waals surface area (Å²) in [5.74, 6) is 0.0696. The lowest BCUT2D eigenvalue weighted by molar-refractivity contribution is -0.153. The molecule has 0 aliphatic carbocycles. The minimum atomic E-state index is -0.225. The highest BCUT2D eigenvalue weighted by Crippen LogP contribution is 2.22. The van der Waals surface area contributed by atoms with Gasteiger partial charge in [-0.1, -0.05) is 0 Å². The second kappa shape index (κ2) is 6.36. The summed E-state index contributed by atoms with van der Waals surface area (Å²) in [5.41, 5.74) is -0.225. The highest BCUT2D eigenvalue weighted by molar-refractivity contribution is 5.81. The smallest absolute Gasteiger partial charge is 0.239 e. The molecular weight excluding hydrogens is 242 g/mol. The van der Waals surface area contributed by atoms with Crippen molar-refractivity contribution < 1.29 is 9.53 Å². The Kier molecular flexibility index (Phi) is 5.33. The molecule has 0 saturated carbocycles. The molecule has 0 aromatic rings. The maximum atomic E-state index is 12.3. The third kappa shape index (κ3) is 4.48. The average Bonchev–Trinajstić information content (AvgIpc) is 2.31. The van der Waals surface area contributed by atoms with Gasteiger partial charge in [-0.15, -0.1) is 0 Å². The SMILES string of the molecule is CC1CN(C(C)C(=O)N(C)CCC#N)CC(C)(C)O1. The van der Waals surface area contributed by atoms with Crippen molar-refractivity contribution in [3.8, 4) is 6.07 Å². The molecular formula is C14H25N3O2. The Balaban J connectivity index is 2.63. The molecule has 0 spiro atoms. The number of carbonyl (C=O) groups is 1. The third-order valence-corrected chi connectivity index (χ3v) is 3.44. The summed E-state index contributed by atoms with van der Waals surface area (Å²) >= 11 is 0. The van der Waals surface area contributed by atoms with Gasteiger partial charge >= 0.3 is 0 Å². The Bertz CT molecular complexity index is 362. The van der Waals surface area contributed by atoms with Crippen LogP contribution in [0.2, 0.25) is 0 Å². The van der Waals surface area contributed by atoms with Crippen LogP contribution in [-0.2, 0) is 9.53 Å². The van der Waals surface area contributed by atoms with Gasteiger partial charge in [0.2, 0.25) is 5.91 Å². The molecule has 1 rings (SSSR count). The van der Waals surface area contributed by atoms with Gasteiger partial charge in [0.1, 0.15) is 0 Å². The maximum Gasteiger partial charge on any atom is 0.239 e. The van der Waals surface area contributed by atoms with Gasteiger partial charge in [-0.25, -0.2) is 0 Å². The van der Waals surface area contributed by atoms with E-state index in [4.69, 9.17) is 10.00 Å². The van der Waals surface area contributed by atoms with E-state index < -0.39 is 0 Å². The van der Waals surface area contributed by atoms with Crippen molar-refractivity contribution in [3.05, 3.63) is 0 Å². The van der Waals surface area contributed by atoms with E-state index in [1.165, 1.54) is 0 Å². The first-order valence-corrected chi connectivity index (χ1v) is 6.80. The van der Waals surface area contributed by atoms with E-state index in [1.807, 2.05) is 27.7 Å². The molecule has 5 heteroatoms. The topological polar surface area (TPSA) is 56.6 Å². The lowest BCUT2D eigenvalue weighted by Gasteiger charge is -2.44. The number of nitriles is 1. The number of rotatable bonds is 4. The fourth-order valence-corrected chi connectivity index (χ4v) is 2.60. The predicted octanol–water partition coefficient (Wildman–Crippen LogP) is 1.25. The lowest BCUT2D eigenvalue weighted by Crippen LogP contribution is -2.57. The van der Waals surface area contributed by atoms with Crippen molar-refractivity contribution in [1.82, 2.24) is 9.80 Å². The first kappa shape index (κ1) is 15.9. The Morgan fingerprint density at radius 3 is 2.79 bits per heavy atom. The van der Waals surface area contributed by atoms with Gasteiger partial charge in [-0.05, 0) is 27.7 Å². The standard InChI is InChI=1S/C14H25N3O2/c1-11-9-17(10-14(3,4)19-11)12(2)13(18)16(5)8-6-7-15/h11-12H,6,8-10H2,1-5H3. The molecule has 1 heterocycles. The molecule has 0 aromatic heterocycles. The van der Waals surface area contributed by atoms with Crippen LogP contribution < -0.4 is 0 Å². The van der Waals surface area contributed by atoms with Crippen LogP contribution in [0.4, 0.5) is 0 Å². The zero-order valence-corrected chi connectivity index (χ0v) is 12.6. The Hall–Kier alpha value is -1.12. The molecule has 1 amide bonds. The van der Waals surface area contributed by atoms with E-state index in [1.54, 1.807) is 11.9 Å². The van der Waals surface area contributed by atoms with Crippen molar-refractivity contribution in [2.45, 2.75) is 51.9 Å². The minimum Gasteiger partial charge on any atom is -0.370 e.